The van der Waals surface area contributed by atoms with Crippen molar-refractivity contribution in [3.63, 3.8) is 0 Å². The number of aromatic nitrogens is 3. The number of aryl methyl sites for hydroxylation is 1. The van der Waals surface area contributed by atoms with E-state index in [-0.39, 0.29) is 11.7 Å². The van der Waals surface area contributed by atoms with Crippen LogP contribution in [0.1, 0.15) is 5.56 Å². The maximum Gasteiger partial charge on any atom is 0.234 e. The molecule has 1 heterocycles. The van der Waals surface area contributed by atoms with Crippen LogP contribution in [-0.2, 0) is 11.8 Å². The molecular weight excluding hydrogens is 348 g/mol. The smallest absolute Gasteiger partial charge is 0.234 e. The molecule has 0 atom stereocenters. The Labute approximate surface area is 156 Å². The molecule has 0 saturated heterocycles. The molecule has 26 heavy (non-hydrogen) atoms. The Balaban J connectivity index is 1.65. The summed E-state index contributed by atoms with van der Waals surface area (Å²) >= 11 is 1.35. The number of nitrogens with one attached hydrogen (secondary N) is 1. The molecule has 0 aliphatic heterocycles. The summed E-state index contributed by atoms with van der Waals surface area (Å²) in [6, 6.07) is 15.4. The Hall–Kier alpha value is -2.80. The summed E-state index contributed by atoms with van der Waals surface area (Å²) in [6.45, 7) is 1.99. The van der Waals surface area contributed by atoms with Crippen molar-refractivity contribution in [2.45, 2.75) is 12.1 Å². The Bertz CT molecular complexity index is 923. The molecule has 3 rings (SSSR count). The van der Waals surface area contributed by atoms with Gasteiger partial charge in [-0.3, -0.25) is 4.79 Å². The molecule has 0 fully saturated rings. The first-order valence-electron chi connectivity index (χ1n) is 8.10. The number of ether oxygens (including phenoxy) is 1. The summed E-state index contributed by atoms with van der Waals surface area (Å²) in [5.41, 5.74) is 2.81. The molecule has 0 unspecified atom stereocenters. The average molecular weight is 368 g/mol. The summed E-state index contributed by atoms with van der Waals surface area (Å²) in [4.78, 5) is 12.2. The maximum absolute atomic E-state index is 12.2. The van der Waals surface area contributed by atoms with Crippen LogP contribution in [0.2, 0.25) is 0 Å². The van der Waals surface area contributed by atoms with Crippen molar-refractivity contribution in [2.24, 2.45) is 7.05 Å². The second kappa shape index (κ2) is 8.05. The van der Waals surface area contributed by atoms with Gasteiger partial charge in [0.2, 0.25) is 5.91 Å². The number of anilines is 1. The normalized spacial score (nSPS) is 10.6. The molecule has 0 saturated carbocycles. The van der Waals surface area contributed by atoms with Gasteiger partial charge in [-0.1, -0.05) is 36.0 Å². The molecule has 0 aliphatic carbocycles. The number of methoxy groups -OCH3 is 1. The molecule has 1 N–H and O–H groups in total. The van der Waals surface area contributed by atoms with Crippen molar-refractivity contribution >= 4 is 23.4 Å². The molecule has 134 valence electrons. The molecule has 1 amide bonds. The second-order valence-corrected chi connectivity index (χ2v) is 6.75. The molecule has 0 bridgehead atoms. The SMILES string of the molecule is COc1cccc(-c2nnc(SCC(=O)Nc3cccc(C)c3)n2C)c1. The predicted molar refractivity (Wildman–Crippen MR) is 104 cm³/mol. The van der Waals surface area contributed by atoms with Crippen molar-refractivity contribution in [3.8, 4) is 17.1 Å². The van der Waals surface area contributed by atoms with Gasteiger partial charge < -0.3 is 14.6 Å². The topological polar surface area (TPSA) is 69.0 Å². The van der Waals surface area contributed by atoms with Crippen LogP contribution in [0.25, 0.3) is 11.4 Å². The maximum atomic E-state index is 12.2. The Morgan fingerprint density at radius 2 is 2.00 bits per heavy atom. The summed E-state index contributed by atoms with van der Waals surface area (Å²) < 4.78 is 7.13. The molecule has 0 radical (unpaired) electrons. The van der Waals surface area contributed by atoms with Gasteiger partial charge in [-0.25, -0.2) is 0 Å². The van der Waals surface area contributed by atoms with Gasteiger partial charge in [0.25, 0.3) is 0 Å². The average Bonchev–Trinajstić information content (AvgIpc) is 3.00. The highest BCUT2D eigenvalue weighted by molar-refractivity contribution is 7.99. The van der Waals surface area contributed by atoms with E-state index < -0.39 is 0 Å². The van der Waals surface area contributed by atoms with E-state index in [2.05, 4.69) is 15.5 Å². The Kier molecular flexibility index (Phi) is 5.58. The van der Waals surface area contributed by atoms with Gasteiger partial charge in [0.1, 0.15) is 5.75 Å². The molecule has 7 heteroatoms. The first-order valence-corrected chi connectivity index (χ1v) is 9.08. The molecule has 3 aromatic rings. The number of thioether (sulfide) groups is 1. The third-order valence-corrected chi connectivity index (χ3v) is 4.82. The van der Waals surface area contributed by atoms with Gasteiger partial charge in [-0.2, -0.15) is 0 Å². The van der Waals surface area contributed by atoms with Crippen LogP contribution in [0.15, 0.2) is 53.7 Å². The van der Waals surface area contributed by atoms with Gasteiger partial charge in [-0.05, 0) is 36.8 Å². The van der Waals surface area contributed by atoms with Crippen LogP contribution in [-0.4, -0.2) is 33.5 Å². The molecule has 6 nitrogen and oxygen atoms in total. The minimum absolute atomic E-state index is 0.0773. The fourth-order valence-corrected chi connectivity index (χ4v) is 3.22. The van der Waals surface area contributed by atoms with Gasteiger partial charge in [-0.15, -0.1) is 10.2 Å². The first kappa shape index (κ1) is 18.0. The van der Waals surface area contributed by atoms with Gasteiger partial charge in [0, 0.05) is 18.3 Å². The van der Waals surface area contributed by atoms with Crippen molar-refractivity contribution in [1.29, 1.82) is 0 Å². The molecule has 1 aromatic heterocycles. The van der Waals surface area contributed by atoms with Crippen LogP contribution in [0.4, 0.5) is 5.69 Å². The lowest BCUT2D eigenvalue weighted by Gasteiger charge is -2.07. The van der Waals surface area contributed by atoms with Crippen molar-refractivity contribution in [2.75, 3.05) is 18.2 Å². The number of amides is 1. The summed E-state index contributed by atoms with van der Waals surface area (Å²) in [6.07, 6.45) is 0. The van der Waals surface area contributed by atoms with Crippen LogP contribution in [0.5, 0.6) is 5.75 Å². The van der Waals surface area contributed by atoms with Crippen LogP contribution in [0, 0.1) is 6.92 Å². The fraction of sp³-hybridized carbons (Fsp3) is 0.211. The zero-order valence-electron chi connectivity index (χ0n) is 14.9. The highest BCUT2D eigenvalue weighted by atomic mass is 32.2. The van der Waals surface area contributed by atoms with Crippen molar-refractivity contribution in [3.05, 3.63) is 54.1 Å². The minimum Gasteiger partial charge on any atom is -0.497 e. The number of hydrogen-bond acceptors (Lipinski definition) is 5. The number of hydrogen-bond donors (Lipinski definition) is 1. The van der Waals surface area contributed by atoms with Gasteiger partial charge in [0.05, 0.1) is 12.9 Å². The van der Waals surface area contributed by atoms with E-state index in [1.807, 2.05) is 67.1 Å². The summed E-state index contributed by atoms with van der Waals surface area (Å²) in [7, 11) is 3.51. The Morgan fingerprint density at radius 1 is 1.19 bits per heavy atom. The third-order valence-electron chi connectivity index (χ3n) is 3.80. The minimum atomic E-state index is -0.0773. The first-order chi connectivity index (χ1) is 12.6. The highest BCUT2D eigenvalue weighted by Gasteiger charge is 2.13. The van der Waals surface area contributed by atoms with Crippen LogP contribution in [0.3, 0.4) is 0 Å². The van der Waals surface area contributed by atoms with Crippen molar-refractivity contribution in [1.82, 2.24) is 14.8 Å². The number of carbonyl (C=O) groups is 1. The highest BCUT2D eigenvalue weighted by Crippen LogP contribution is 2.25. The van der Waals surface area contributed by atoms with Gasteiger partial charge in [0.15, 0.2) is 11.0 Å². The zero-order chi connectivity index (χ0) is 18.5. The molecule has 2 aromatic carbocycles. The number of nitrogens with zero attached hydrogens (tertiary/aromatic N) is 3. The molecule has 0 aliphatic rings. The lowest BCUT2D eigenvalue weighted by atomic mass is 10.2. The standard InChI is InChI=1S/C19H20N4O2S/c1-13-6-4-8-15(10-13)20-17(24)12-26-19-22-21-18(23(19)2)14-7-5-9-16(11-14)25-3/h4-11H,12H2,1-3H3,(H,20,24). The van der Waals surface area contributed by atoms with E-state index in [1.165, 1.54) is 11.8 Å². The van der Waals surface area contributed by atoms with E-state index in [9.17, 15) is 4.79 Å². The lowest BCUT2D eigenvalue weighted by molar-refractivity contribution is -0.113. The van der Waals surface area contributed by atoms with E-state index in [0.717, 1.165) is 28.4 Å². The zero-order valence-corrected chi connectivity index (χ0v) is 15.7. The monoisotopic (exact) mass is 368 g/mol. The van der Waals surface area contributed by atoms with E-state index in [4.69, 9.17) is 4.74 Å². The number of benzene rings is 2. The van der Waals surface area contributed by atoms with E-state index >= 15 is 0 Å². The van der Waals surface area contributed by atoms with Crippen LogP contribution >= 0.6 is 11.8 Å². The third kappa shape index (κ3) is 4.23. The number of carbonyl (C=O) groups excluding carboxylic acids is 1. The van der Waals surface area contributed by atoms with Crippen LogP contribution < -0.4 is 10.1 Å². The summed E-state index contributed by atoms with van der Waals surface area (Å²) in [5.74, 6) is 1.67. The largest absolute Gasteiger partial charge is 0.497 e. The van der Waals surface area contributed by atoms with Crippen molar-refractivity contribution < 1.29 is 9.53 Å². The Morgan fingerprint density at radius 3 is 2.77 bits per heavy atom. The summed E-state index contributed by atoms with van der Waals surface area (Å²) in [5, 5.41) is 12.0. The number of rotatable bonds is 6. The quantitative estimate of drug-likeness (QED) is 0.674. The van der Waals surface area contributed by atoms with E-state index in [0.29, 0.717) is 5.16 Å². The van der Waals surface area contributed by atoms with E-state index in [1.54, 1.807) is 7.11 Å². The molecule has 0 spiro atoms. The second-order valence-electron chi connectivity index (χ2n) is 5.80. The molecular formula is C19H20N4O2S. The predicted octanol–water partition coefficient (Wildman–Crippen LogP) is 3.53. The fourth-order valence-electron chi connectivity index (χ4n) is 2.50. The lowest BCUT2D eigenvalue weighted by Crippen LogP contribution is -2.14. The van der Waals surface area contributed by atoms with Gasteiger partial charge >= 0.3 is 0 Å².